The summed E-state index contributed by atoms with van der Waals surface area (Å²) in [5.41, 5.74) is 1.92. The molecule has 1 atom stereocenters. The monoisotopic (exact) mass is 340 g/mol. The van der Waals surface area contributed by atoms with Gasteiger partial charge in [0.15, 0.2) is 6.10 Å². The van der Waals surface area contributed by atoms with Crippen LogP contribution in [-0.2, 0) is 16.0 Å². The van der Waals surface area contributed by atoms with Crippen LogP contribution in [0.15, 0.2) is 42.7 Å². The first-order chi connectivity index (χ1) is 12.2. The SMILES string of the molecule is CCc1cc(N2CCN(C(=O)C(OC)c3ccccc3)CC2)ncn1. The number of benzene rings is 1. The molecule has 2 heterocycles. The fourth-order valence-corrected chi connectivity index (χ4v) is 3.08. The highest BCUT2D eigenvalue weighted by Gasteiger charge is 2.28. The van der Waals surface area contributed by atoms with Crippen LogP contribution >= 0.6 is 0 Å². The Morgan fingerprint density at radius 1 is 1.16 bits per heavy atom. The van der Waals surface area contributed by atoms with E-state index in [4.69, 9.17) is 4.74 Å². The summed E-state index contributed by atoms with van der Waals surface area (Å²) in [6.45, 7) is 4.93. The second kappa shape index (κ2) is 8.07. The number of carbonyl (C=O) groups excluding carboxylic acids is 1. The van der Waals surface area contributed by atoms with Gasteiger partial charge in [0.05, 0.1) is 0 Å². The van der Waals surface area contributed by atoms with Crippen LogP contribution in [0.5, 0.6) is 0 Å². The number of hydrogen-bond acceptors (Lipinski definition) is 5. The highest BCUT2D eigenvalue weighted by atomic mass is 16.5. The van der Waals surface area contributed by atoms with E-state index in [2.05, 4.69) is 21.8 Å². The number of anilines is 1. The quantitative estimate of drug-likeness (QED) is 0.834. The largest absolute Gasteiger partial charge is 0.367 e. The molecule has 132 valence electrons. The number of ether oxygens (including phenoxy) is 1. The number of aromatic nitrogens is 2. The first kappa shape index (κ1) is 17.4. The summed E-state index contributed by atoms with van der Waals surface area (Å²) in [4.78, 5) is 25.5. The molecule has 0 bridgehead atoms. The second-order valence-electron chi connectivity index (χ2n) is 6.06. The number of carbonyl (C=O) groups is 1. The summed E-state index contributed by atoms with van der Waals surface area (Å²) in [5.74, 6) is 0.954. The first-order valence-electron chi connectivity index (χ1n) is 8.65. The third-order valence-electron chi connectivity index (χ3n) is 4.55. The number of methoxy groups -OCH3 is 1. The number of nitrogens with zero attached hydrogens (tertiary/aromatic N) is 4. The zero-order valence-electron chi connectivity index (χ0n) is 14.8. The fourth-order valence-electron chi connectivity index (χ4n) is 3.08. The van der Waals surface area contributed by atoms with Crippen molar-refractivity contribution < 1.29 is 9.53 Å². The van der Waals surface area contributed by atoms with Crippen LogP contribution in [0.1, 0.15) is 24.3 Å². The number of aryl methyl sites for hydroxylation is 1. The maximum atomic E-state index is 12.8. The Hall–Kier alpha value is -2.47. The van der Waals surface area contributed by atoms with Gasteiger partial charge in [-0.15, -0.1) is 0 Å². The molecule has 1 aliphatic heterocycles. The van der Waals surface area contributed by atoms with Crippen molar-refractivity contribution in [2.75, 3.05) is 38.2 Å². The third kappa shape index (κ3) is 3.96. The molecule has 1 aromatic heterocycles. The van der Waals surface area contributed by atoms with Crippen LogP contribution in [0.25, 0.3) is 0 Å². The minimum atomic E-state index is -0.543. The number of piperazine rings is 1. The molecule has 2 aromatic rings. The van der Waals surface area contributed by atoms with Crippen molar-refractivity contribution in [1.29, 1.82) is 0 Å². The Morgan fingerprint density at radius 3 is 2.52 bits per heavy atom. The average Bonchev–Trinajstić information content (AvgIpc) is 2.69. The summed E-state index contributed by atoms with van der Waals surface area (Å²) < 4.78 is 5.47. The van der Waals surface area contributed by atoms with E-state index in [1.54, 1.807) is 13.4 Å². The Balaban J connectivity index is 1.64. The van der Waals surface area contributed by atoms with E-state index in [9.17, 15) is 4.79 Å². The summed E-state index contributed by atoms with van der Waals surface area (Å²) in [7, 11) is 1.58. The molecule has 0 aliphatic carbocycles. The molecule has 0 radical (unpaired) electrons. The summed E-state index contributed by atoms with van der Waals surface area (Å²) in [6, 6.07) is 11.7. The Morgan fingerprint density at radius 2 is 1.88 bits per heavy atom. The molecular formula is C19H24N4O2. The van der Waals surface area contributed by atoms with Gasteiger partial charge in [-0.05, 0) is 12.0 Å². The topological polar surface area (TPSA) is 58.6 Å². The molecule has 1 aromatic carbocycles. The molecule has 6 heteroatoms. The van der Waals surface area contributed by atoms with Crippen molar-refractivity contribution in [3.8, 4) is 0 Å². The molecule has 3 rings (SSSR count). The van der Waals surface area contributed by atoms with Crippen molar-refractivity contribution >= 4 is 11.7 Å². The summed E-state index contributed by atoms with van der Waals surface area (Å²) >= 11 is 0. The van der Waals surface area contributed by atoms with Crippen molar-refractivity contribution in [3.63, 3.8) is 0 Å². The van der Waals surface area contributed by atoms with Crippen LogP contribution in [0.3, 0.4) is 0 Å². The van der Waals surface area contributed by atoms with Crippen LogP contribution in [0, 0.1) is 0 Å². The van der Waals surface area contributed by atoms with Crippen LogP contribution < -0.4 is 4.90 Å². The molecule has 0 saturated carbocycles. The Bertz CT molecular complexity index is 700. The van der Waals surface area contributed by atoms with Crippen LogP contribution in [0.2, 0.25) is 0 Å². The molecule has 0 N–H and O–H groups in total. The third-order valence-corrected chi connectivity index (χ3v) is 4.55. The second-order valence-corrected chi connectivity index (χ2v) is 6.06. The molecule has 1 unspecified atom stereocenters. The normalized spacial score (nSPS) is 15.9. The van der Waals surface area contributed by atoms with Gasteiger partial charge in [-0.1, -0.05) is 37.3 Å². The van der Waals surface area contributed by atoms with Gasteiger partial charge in [0.25, 0.3) is 5.91 Å². The number of amides is 1. The van der Waals surface area contributed by atoms with Gasteiger partial charge in [-0.2, -0.15) is 0 Å². The molecule has 1 amide bonds. The Labute approximate surface area is 148 Å². The van der Waals surface area contributed by atoms with E-state index in [0.29, 0.717) is 13.1 Å². The van der Waals surface area contributed by atoms with E-state index >= 15 is 0 Å². The van der Waals surface area contributed by atoms with Gasteiger partial charge in [0, 0.05) is 45.0 Å². The zero-order valence-corrected chi connectivity index (χ0v) is 14.8. The first-order valence-corrected chi connectivity index (χ1v) is 8.65. The van der Waals surface area contributed by atoms with E-state index in [1.165, 1.54) is 0 Å². The molecule has 1 saturated heterocycles. The van der Waals surface area contributed by atoms with E-state index in [0.717, 1.165) is 36.6 Å². The fraction of sp³-hybridized carbons (Fsp3) is 0.421. The van der Waals surface area contributed by atoms with Crippen molar-refractivity contribution in [3.05, 3.63) is 54.0 Å². The van der Waals surface area contributed by atoms with Crippen molar-refractivity contribution in [1.82, 2.24) is 14.9 Å². The van der Waals surface area contributed by atoms with Gasteiger partial charge in [-0.25, -0.2) is 9.97 Å². The zero-order chi connectivity index (χ0) is 17.6. The highest BCUT2D eigenvalue weighted by Crippen LogP contribution is 2.21. The minimum Gasteiger partial charge on any atom is -0.367 e. The van der Waals surface area contributed by atoms with Crippen LogP contribution in [0.4, 0.5) is 5.82 Å². The highest BCUT2D eigenvalue weighted by molar-refractivity contribution is 5.82. The maximum Gasteiger partial charge on any atom is 0.256 e. The molecule has 1 fully saturated rings. The molecule has 0 spiro atoms. The van der Waals surface area contributed by atoms with Crippen molar-refractivity contribution in [2.24, 2.45) is 0 Å². The van der Waals surface area contributed by atoms with Gasteiger partial charge >= 0.3 is 0 Å². The number of hydrogen-bond donors (Lipinski definition) is 0. The lowest BCUT2D eigenvalue weighted by atomic mass is 10.1. The summed E-state index contributed by atoms with van der Waals surface area (Å²) in [5, 5.41) is 0. The average molecular weight is 340 g/mol. The van der Waals surface area contributed by atoms with Crippen molar-refractivity contribution in [2.45, 2.75) is 19.4 Å². The summed E-state index contributed by atoms with van der Waals surface area (Å²) in [6.07, 6.45) is 1.96. The van der Waals surface area contributed by atoms with Crippen LogP contribution in [-0.4, -0.2) is 54.1 Å². The predicted molar refractivity (Wildman–Crippen MR) is 96.4 cm³/mol. The lowest BCUT2D eigenvalue weighted by molar-refractivity contribution is -0.142. The van der Waals surface area contributed by atoms with Gasteiger partial charge < -0.3 is 14.5 Å². The Kier molecular flexibility index (Phi) is 5.60. The predicted octanol–water partition coefficient (Wildman–Crippen LogP) is 2.08. The van der Waals surface area contributed by atoms with Gasteiger partial charge in [-0.3, -0.25) is 4.79 Å². The van der Waals surface area contributed by atoms with E-state index in [-0.39, 0.29) is 5.91 Å². The minimum absolute atomic E-state index is 0.0188. The molecule has 6 nitrogen and oxygen atoms in total. The van der Waals surface area contributed by atoms with E-state index in [1.807, 2.05) is 41.3 Å². The van der Waals surface area contributed by atoms with Gasteiger partial charge in [0.2, 0.25) is 0 Å². The molecule has 1 aliphatic rings. The van der Waals surface area contributed by atoms with Gasteiger partial charge in [0.1, 0.15) is 12.1 Å². The standard InChI is InChI=1S/C19H24N4O2/c1-3-16-13-17(21-14-20-16)22-9-11-23(12-10-22)19(24)18(25-2)15-7-5-4-6-8-15/h4-8,13-14,18H,3,9-12H2,1-2H3. The lowest BCUT2D eigenvalue weighted by Gasteiger charge is -2.36. The molecular weight excluding hydrogens is 316 g/mol. The number of rotatable bonds is 5. The van der Waals surface area contributed by atoms with E-state index < -0.39 is 6.10 Å². The smallest absolute Gasteiger partial charge is 0.256 e. The maximum absolute atomic E-state index is 12.8. The lowest BCUT2D eigenvalue weighted by Crippen LogP contribution is -2.50. The molecule has 25 heavy (non-hydrogen) atoms.